The van der Waals surface area contributed by atoms with Crippen LogP contribution in [0.1, 0.15) is 41.7 Å². The summed E-state index contributed by atoms with van der Waals surface area (Å²) in [6.45, 7) is -0.344. The molecule has 1 saturated carbocycles. The molecular weight excluding hydrogens is 478 g/mol. The first kappa shape index (κ1) is 24.2. The Morgan fingerprint density at radius 3 is 2.44 bits per heavy atom. The fraction of sp³-hybridized carbons (Fsp3) is 0.444. The molecule has 1 aliphatic rings. The number of amides is 2. The van der Waals surface area contributed by atoms with Gasteiger partial charge >= 0.3 is 6.03 Å². The second-order valence-corrected chi connectivity index (χ2v) is 12.5. The number of hydrogen-bond donors (Lipinski definition) is 3. The Kier molecular flexibility index (Phi) is 7.27. The van der Waals surface area contributed by atoms with Gasteiger partial charge in [-0.1, -0.05) is 24.2 Å². The molecule has 0 bridgehead atoms. The van der Waals surface area contributed by atoms with E-state index in [-0.39, 0.29) is 39.0 Å². The highest BCUT2D eigenvalue weighted by atomic mass is 32.2. The molecule has 3 N–H and O–H groups in total. The molecule has 0 atom stereocenters. The Hall–Kier alpha value is -2.42. The Labute approximate surface area is 190 Å². The average Bonchev–Trinajstić information content (AvgIpc) is 3.35. The number of carbonyl (C=O) groups is 2. The summed E-state index contributed by atoms with van der Waals surface area (Å²) in [7, 11) is -7.29. The largest absolute Gasteiger partial charge is 0.325 e. The van der Waals surface area contributed by atoms with Crippen LogP contribution in [0.4, 0.5) is 15.6 Å². The molecule has 32 heavy (non-hydrogen) atoms. The Morgan fingerprint density at radius 2 is 1.81 bits per heavy atom. The quantitative estimate of drug-likeness (QED) is 0.462. The van der Waals surface area contributed by atoms with Crippen molar-refractivity contribution in [3.8, 4) is 0 Å². The average molecular weight is 502 g/mol. The van der Waals surface area contributed by atoms with Crippen LogP contribution in [0.3, 0.4) is 0 Å². The van der Waals surface area contributed by atoms with E-state index in [1.807, 2.05) is 0 Å². The van der Waals surface area contributed by atoms with E-state index in [0.717, 1.165) is 38.2 Å². The molecule has 0 radical (unpaired) electrons. The Balaban J connectivity index is 1.77. The molecule has 2 heterocycles. The highest BCUT2D eigenvalue weighted by molar-refractivity contribution is 7.93. The van der Waals surface area contributed by atoms with Gasteiger partial charge in [0.15, 0.2) is 20.8 Å². The molecule has 11 nitrogen and oxygen atoms in total. The highest BCUT2D eigenvalue weighted by Crippen LogP contribution is 2.31. The predicted molar refractivity (Wildman–Crippen MR) is 120 cm³/mol. The number of sulfonamides is 1. The lowest BCUT2D eigenvalue weighted by Gasteiger charge is -2.13. The lowest BCUT2D eigenvalue weighted by atomic mass is 9.96. The van der Waals surface area contributed by atoms with Crippen LogP contribution in [-0.4, -0.2) is 51.1 Å². The molecule has 2 aromatic rings. The molecule has 174 valence electrons. The fourth-order valence-electron chi connectivity index (χ4n) is 3.36. The first-order valence-corrected chi connectivity index (χ1v) is 14.2. The monoisotopic (exact) mass is 501 g/mol. The van der Waals surface area contributed by atoms with E-state index < -0.39 is 25.9 Å². The maximum Gasteiger partial charge on any atom is 0.325 e. The van der Waals surface area contributed by atoms with Crippen LogP contribution < -0.4 is 15.4 Å². The Morgan fingerprint density at radius 1 is 1.12 bits per heavy atom. The number of Topliss-reactive ketones (excluding diaryl/α,β-unsaturated/α-hetero) is 1. The van der Waals surface area contributed by atoms with Gasteiger partial charge in [0, 0.05) is 23.9 Å². The molecule has 0 saturated heterocycles. The van der Waals surface area contributed by atoms with E-state index in [1.165, 1.54) is 12.4 Å². The van der Waals surface area contributed by atoms with Crippen molar-refractivity contribution in [3.63, 3.8) is 0 Å². The maximum atomic E-state index is 12.8. The summed E-state index contributed by atoms with van der Waals surface area (Å²) in [6.07, 6.45) is 8.35. The Bertz CT molecular complexity index is 1230. The molecule has 3 rings (SSSR count). The van der Waals surface area contributed by atoms with Gasteiger partial charge in [-0.05, 0) is 18.9 Å². The standard InChI is InChI=1S/C18H23N5O6S3/c1-31(26,27)16-14(10-20-32(2,28)29)22-18(30-16)23-17(25)21-13-9-19-8-7-12(13)15(24)11-5-3-4-6-11/h7-9,11,20H,3-6,10H2,1-2H3,(H2,21,22,23,25). The number of hydrogen-bond acceptors (Lipinski definition) is 9. The smallest absolute Gasteiger partial charge is 0.305 e. The summed E-state index contributed by atoms with van der Waals surface area (Å²) in [5, 5.41) is 4.95. The molecule has 2 amide bonds. The van der Waals surface area contributed by atoms with E-state index in [4.69, 9.17) is 0 Å². The number of thiazole rings is 1. The van der Waals surface area contributed by atoms with Crippen LogP contribution in [0.25, 0.3) is 0 Å². The molecule has 14 heteroatoms. The van der Waals surface area contributed by atoms with Crippen LogP contribution in [0, 0.1) is 5.92 Å². The van der Waals surface area contributed by atoms with Crippen LogP contribution in [0.5, 0.6) is 0 Å². The summed E-state index contributed by atoms with van der Waals surface area (Å²) in [6, 6.07) is 0.811. The van der Waals surface area contributed by atoms with Gasteiger partial charge < -0.3 is 5.32 Å². The molecule has 0 spiro atoms. The number of nitrogens with one attached hydrogen (secondary N) is 3. The van der Waals surface area contributed by atoms with Crippen LogP contribution in [0.2, 0.25) is 0 Å². The van der Waals surface area contributed by atoms with Crippen molar-refractivity contribution in [2.24, 2.45) is 5.92 Å². The van der Waals surface area contributed by atoms with Gasteiger partial charge in [-0.3, -0.25) is 15.1 Å². The summed E-state index contributed by atoms with van der Waals surface area (Å²) >= 11 is 0.698. The fourth-order valence-corrected chi connectivity index (χ4v) is 5.86. The first-order valence-electron chi connectivity index (χ1n) is 9.64. The molecular formula is C18H23N5O6S3. The molecule has 1 aliphatic carbocycles. The van der Waals surface area contributed by atoms with Crippen LogP contribution in [0.15, 0.2) is 22.7 Å². The van der Waals surface area contributed by atoms with Gasteiger partial charge in [-0.2, -0.15) is 0 Å². The van der Waals surface area contributed by atoms with Crippen molar-refractivity contribution < 1.29 is 26.4 Å². The third kappa shape index (κ3) is 6.31. The highest BCUT2D eigenvalue weighted by Gasteiger charge is 2.26. The minimum atomic E-state index is -3.71. The minimum absolute atomic E-state index is 0.0308. The van der Waals surface area contributed by atoms with Crippen molar-refractivity contribution in [3.05, 3.63) is 29.7 Å². The number of aromatic nitrogens is 2. The number of pyridine rings is 1. The number of rotatable bonds is 8. The number of ketones is 1. The molecule has 0 aliphatic heterocycles. The zero-order valence-electron chi connectivity index (χ0n) is 17.4. The third-order valence-corrected chi connectivity index (χ3v) is 8.33. The summed E-state index contributed by atoms with van der Waals surface area (Å²) in [5.41, 5.74) is 0.563. The van der Waals surface area contributed by atoms with Crippen molar-refractivity contribution in [2.75, 3.05) is 23.1 Å². The maximum absolute atomic E-state index is 12.8. The van der Waals surface area contributed by atoms with Gasteiger partial charge in [0.2, 0.25) is 10.0 Å². The van der Waals surface area contributed by atoms with E-state index in [0.29, 0.717) is 16.9 Å². The molecule has 2 aromatic heterocycles. The second-order valence-electron chi connectivity index (χ2n) is 7.46. The number of sulfone groups is 1. The van der Waals surface area contributed by atoms with E-state index in [9.17, 15) is 26.4 Å². The lowest BCUT2D eigenvalue weighted by molar-refractivity contribution is 0.0923. The number of nitrogens with zero attached hydrogens (tertiary/aromatic N) is 2. The second kappa shape index (κ2) is 9.60. The zero-order valence-corrected chi connectivity index (χ0v) is 19.9. The molecule has 1 fully saturated rings. The van der Waals surface area contributed by atoms with Gasteiger partial charge in [-0.25, -0.2) is 31.3 Å². The SMILES string of the molecule is CS(=O)(=O)NCc1nc(NC(=O)Nc2cnccc2C(=O)C2CCCC2)sc1S(C)(=O)=O. The number of carbonyl (C=O) groups excluding carboxylic acids is 2. The predicted octanol–water partition coefficient (Wildman–Crippen LogP) is 2.01. The van der Waals surface area contributed by atoms with Crippen molar-refractivity contribution in [1.82, 2.24) is 14.7 Å². The topological polar surface area (TPSA) is 164 Å². The molecule has 0 aromatic carbocycles. The van der Waals surface area contributed by atoms with Crippen LogP contribution >= 0.6 is 11.3 Å². The van der Waals surface area contributed by atoms with Crippen molar-refractivity contribution in [2.45, 2.75) is 36.4 Å². The summed E-state index contributed by atoms with van der Waals surface area (Å²) in [4.78, 5) is 33.3. The van der Waals surface area contributed by atoms with Gasteiger partial charge in [-0.15, -0.1) is 0 Å². The summed E-state index contributed by atoms with van der Waals surface area (Å²) < 4.78 is 48.8. The van der Waals surface area contributed by atoms with Crippen molar-refractivity contribution >= 4 is 53.8 Å². The zero-order chi connectivity index (χ0) is 23.5. The van der Waals surface area contributed by atoms with Gasteiger partial charge in [0.25, 0.3) is 0 Å². The normalized spacial score (nSPS) is 14.9. The third-order valence-electron chi connectivity index (χ3n) is 4.78. The lowest BCUT2D eigenvalue weighted by Crippen LogP contribution is -2.23. The van der Waals surface area contributed by atoms with Crippen LogP contribution in [-0.2, 0) is 26.4 Å². The van der Waals surface area contributed by atoms with Crippen molar-refractivity contribution in [1.29, 1.82) is 0 Å². The van der Waals surface area contributed by atoms with E-state index >= 15 is 0 Å². The number of urea groups is 1. The minimum Gasteiger partial charge on any atom is -0.305 e. The van der Waals surface area contributed by atoms with E-state index in [2.05, 4.69) is 25.3 Å². The van der Waals surface area contributed by atoms with Gasteiger partial charge in [0.05, 0.1) is 30.4 Å². The molecule has 0 unspecified atom stereocenters. The summed E-state index contributed by atoms with van der Waals surface area (Å²) in [5.74, 6) is -0.134. The number of anilines is 2. The van der Waals surface area contributed by atoms with E-state index in [1.54, 1.807) is 6.07 Å². The first-order chi connectivity index (χ1) is 14.9. The van der Waals surface area contributed by atoms with Gasteiger partial charge in [0.1, 0.15) is 4.21 Å².